The number of sulfonamides is 1. The van der Waals surface area contributed by atoms with Gasteiger partial charge in [0.2, 0.25) is 10.0 Å². The second kappa shape index (κ2) is 8.95. The normalized spacial score (nSPS) is 13.9. The summed E-state index contributed by atoms with van der Waals surface area (Å²) in [6.45, 7) is 5.68. The van der Waals surface area contributed by atoms with Crippen molar-refractivity contribution in [1.29, 1.82) is 0 Å². The van der Waals surface area contributed by atoms with Crippen molar-refractivity contribution in [2.75, 3.05) is 6.54 Å². The van der Waals surface area contributed by atoms with Gasteiger partial charge in [0.15, 0.2) is 5.65 Å². The number of benzene rings is 1. The van der Waals surface area contributed by atoms with Crippen molar-refractivity contribution in [2.24, 2.45) is 0 Å². The van der Waals surface area contributed by atoms with Gasteiger partial charge in [-0.1, -0.05) is 19.1 Å². The summed E-state index contributed by atoms with van der Waals surface area (Å²) >= 11 is 0. The standard InChI is InChI=1S/C21H22F4N4O4S/c1-5-29(17(21(23,24)25)13-6-8-14(22)9-7-13)34(31,32)15-10-16-18(26-11-15)28(12-27-16)19(30)33-20(2,3)4/h6-12,17H,5H2,1-4H3/t17-/m1/s1. The molecule has 0 fully saturated rings. The van der Waals surface area contributed by atoms with Gasteiger partial charge < -0.3 is 4.74 Å². The first kappa shape index (κ1) is 25.6. The van der Waals surface area contributed by atoms with Crippen LogP contribution in [0, 0.1) is 5.82 Å². The molecule has 0 unspecified atom stereocenters. The number of halogens is 4. The Morgan fingerprint density at radius 1 is 1.15 bits per heavy atom. The predicted octanol–water partition coefficient (Wildman–Crippen LogP) is 4.67. The van der Waals surface area contributed by atoms with Crippen molar-refractivity contribution >= 4 is 27.3 Å². The van der Waals surface area contributed by atoms with Crippen molar-refractivity contribution in [2.45, 2.75) is 50.4 Å². The minimum atomic E-state index is -4.99. The summed E-state index contributed by atoms with van der Waals surface area (Å²) in [5.41, 5.74) is -1.32. The molecular weight excluding hydrogens is 480 g/mol. The topological polar surface area (TPSA) is 94.4 Å². The summed E-state index contributed by atoms with van der Waals surface area (Å²) in [5, 5.41) is 0. The molecule has 34 heavy (non-hydrogen) atoms. The van der Waals surface area contributed by atoms with Crippen molar-refractivity contribution < 1.29 is 35.5 Å². The molecule has 2 aromatic heterocycles. The summed E-state index contributed by atoms with van der Waals surface area (Å²) in [5.74, 6) is -0.759. The largest absolute Gasteiger partial charge is 0.443 e. The molecule has 1 atom stereocenters. The van der Waals surface area contributed by atoms with Crippen LogP contribution in [0.25, 0.3) is 11.2 Å². The lowest BCUT2D eigenvalue weighted by molar-refractivity contribution is -0.173. The van der Waals surface area contributed by atoms with Gasteiger partial charge in [-0.05, 0) is 44.5 Å². The molecule has 184 valence electrons. The van der Waals surface area contributed by atoms with Crippen LogP contribution in [0.2, 0.25) is 0 Å². The van der Waals surface area contributed by atoms with Crippen LogP contribution >= 0.6 is 0 Å². The fourth-order valence-corrected chi connectivity index (χ4v) is 4.83. The van der Waals surface area contributed by atoms with Crippen molar-refractivity contribution in [3.05, 3.63) is 54.2 Å². The molecule has 2 heterocycles. The summed E-state index contributed by atoms with van der Waals surface area (Å²) in [6.07, 6.45) is -3.86. The molecule has 0 spiro atoms. The molecule has 0 saturated carbocycles. The Labute approximate surface area is 193 Å². The summed E-state index contributed by atoms with van der Waals surface area (Å²) in [7, 11) is -4.73. The van der Waals surface area contributed by atoms with Gasteiger partial charge in [0.1, 0.15) is 34.2 Å². The second-order valence-electron chi connectivity index (χ2n) is 8.31. The van der Waals surface area contributed by atoms with Crippen molar-refractivity contribution in [3.63, 3.8) is 0 Å². The van der Waals surface area contributed by atoms with Crippen LogP contribution in [0.1, 0.15) is 39.3 Å². The molecule has 3 rings (SSSR count). The SMILES string of the molecule is CCN([C@H](c1ccc(F)cc1)C(F)(F)F)S(=O)(=O)c1cnc2c(c1)ncn2C(=O)OC(C)(C)C. The Morgan fingerprint density at radius 2 is 1.76 bits per heavy atom. The van der Waals surface area contributed by atoms with E-state index in [1.165, 1.54) is 6.92 Å². The number of alkyl halides is 3. The zero-order chi connectivity index (χ0) is 25.5. The molecule has 0 amide bonds. The van der Waals surface area contributed by atoms with Gasteiger partial charge in [0, 0.05) is 12.7 Å². The Morgan fingerprint density at radius 3 is 2.29 bits per heavy atom. The fraction of sp³-hybridized carbons (Fsp3) is 0.381. The Hall–Kier alpha value is -3.06. The van der Waals surface area contributed by atoms with Crippen LogP contribution in [0.15, 0.2) is 47.8 Å². The van der Waals surface area contributed by atoms with E-state index in [0.717, 1.165) is 47.4 Å². The number of pyridine rings is 1. The van der Waals surface area contributed by atoms with Crippen LogP contribution in [0.4, 0.5) is 22.4 Å². The predicted molar refractivity (Wildman–Crippen MR) is 114 cm³/mol. The minimum Gasteiger partial charge on any atom is -0.443 e. The lowest BCUT2D eigenvalue weighted by atomic mass is 10.1. The van der Waals surface area contributed by atoms with Crippen LogP contribution < -0.4 is 0 Å². The maximum absolute atomic E-state index is 14.0. The molecule has 0 saturated heterocycles. The lowest BCUT2D eigenvalue weighted by Gasteiger charge is -2.31. The van der Waals surface area contributed by atoms with Gasteiger partial charge in [-0.15, -0.1) is 0 Å². The van der Waals surface area contributed by atoms with Gasteiger partial charge in [0.25, 0.3) is 0 Å². The maximum Gasteiger partial charge on any atom is 0.421 e. The highest BCUT2D eigenvalue weighted by molar-refractivity contribution is 7.89. The third-order valence-corrected chi connectivity index (χ3v) is 6.56. The highest BCUT2D eigenvalue weighted by Gasteiger charge is 2.48. The molecule has 0 N–H and O–H groups in total. The Bertz CT molecular complexity index is 1300. The van der Waals surface area contributed by atoms with E-state index in [1.54, 1.807) is 20.8 Å². The number of carbonyl (C=O) groups is 1. The number of hydrogen-bond acceptors (Lipinski definition) is 6. The molecule has 3 aromatic rings. The number of ether oxygens (including phenoxy) is 1. The van der Waals surface area contributed by atoms with Crippen LogP contribution in [0.5, 0.6) is 0 Å². The van der Waals surface area contributed by atoms with Crippen molar-refractivity contribution in [1.82, 2.24) is 18.8 Å². The molecular formula is C21H22F4N4O4S. The maximum atomic E-state index is 14.0. The molecule has 1 aromatic carbocycles. The number of aromatic nitrogens is 3. The zero-order valence-electron chi connectivity index (χ0n) is 18.7. The minimum absolute atomic E-state index is 0.0258. The van der Waals surface area contributed by atoms with E-state index in [-0.39, 0.29) is 15.5 Å². The average Bonchev–Trinajstić information content (AvgIpc) is 3.14. The molecule has 8 nitrogen and oxygen atoms in total. The van der Waals surface area contributed by atoms with Crippen LogP contribution in [-0.4, -0.2) is 51.7 Å². The zero-order valence-corrected chi connectivity index (χ0v) is 19.5. The second-order valence-corrected chi connectivity index (χ2v) is 10.2. The number of carbonyl (C=O) groups excluding carboxylic acids is 1. The Kier molecular flexibility index (Phi) is 6.73. The van der Waals surface area contributed by atoms with E-state index in [2.05, 4.69) is 9.97 Å². The molecule has 13 heteroatoms. The monoisotopic (exact) mass is 502 g/mol. The van der Waals surface area contributed by atoms with Gasteiger partial charge in [-0.25, -0.2) is 32.1 Å². The highest BCUT2D eigenvalue weighted by atomic mass is 32.2. The van der Waals surface area contributed by atoms with Gasteiger partial charge >= 0.3 is 12.3 Å². The number of fused-ring (bicyclic) bond motifs is 1. The van der Waals surface area contributed by atoms with E-state index in [1.807, 2.05) is 0 Å². The first-order valence-corrected chi connectivity index (χ1v) is 11.5. The number of nitrogens with zero attached hydrogens (tertiary/aromatic N) is 4. The smallest absolute Gasteiger partial charge is 0.421 e. The van der Waals surface area contributed by atoms with Gasteiger partial charge in [-0.3, -0.25) is 0 Å². The third-order valence-electron chi connectivity index (χ3n) is 4.65. The molecule has 0 aliphatic carbocycles. The lowest BCUT2D eigenvalue weighted by Crippen LogP contribution is -2.42. The van der Waals surface area contributed by atoms with Gasteiger partial charge in [-0.2, -0.15) is 17.5 Å². The van der Waals surface area contributed by atoms with Crippen molar-refractivity contribution in [3.8, 4) is 0 Å². The highest BCUT2D eigenvalue weighted by Crippen LogP contribution is 2.40. The molecule has 0 bridgehead atoms. The van der Waals surface area contributed by atoms with E-state index < -0.39 is 56.8 Å². The first-order chi connectivity index (χ1) is 15.6. The Balaban J connectivity index is 2.05. The molecule has 0 aliphatic heterocycles. The quantitative estimate of drug-likeness (QED) is 0.471. The number of rotatable bonds is 5. The average molecular weight is 502 g/mol. The fourth-order valence-electron chi connectivity index (χ4n) is 3.26. The van der Waals surface area contributed by atoms with Crippen LogP contribution in [-0.2, 0) is 14.8 Å². The van der Waals surface area contributed by atoms with E-state index in [0.29, 0.717) is 0 Å². The van der Waals surface area contributed by atoms with E-state index in [4.69, 9.17) is 4.74 Å². The third kappa shape index (κ3) is 5.20. The van der Waals surface area contributed by atoms with E-state index >= 15 is 0 Å². The van der Waals surface area contributed by atoms with Gasteiger partial charge in [0.05, 0.1) is 0 Å². The number of hydrogen-bond donors (Lipinski definition) is 0. The first-order valence-electron chi connectivity index (χ1n) is 10.1. The summed E-state index contributed by atoms with van der Waals surface area (Å²) < 4.78 is 88.2. The summed E-state index contributed by atoms with van der Waals surface area (Å²) in [4.78, 5) is 19.7. The van der Waals surface area contributed by atoms with Crippen LogP contribution in [0.3, 0.4) is 0 Å². The van der Waals surface area contributed by atoms with E-state index in [9.17, 15) is 30.8 Å². The number of imidazole rings is 1. The summed E-state index contributed by atoms with van der Waals surface area (Å²) in [6, 6.07) is 1.89. The molecule has 0 aliphatic rings. The molecule has 0 radical (unpaired) electrons.